The number of nitrogen functional groups attached to an aromatic ring is 1. The van der Waals surface area contributed by atoms with E-state index in [9.17, 15) is 31.1 Å². The van der Waals surface area contributed by atoms with Crippen LogP contribution in [-0.2, 0) is 10.0 Å². The van der Waals surface area contributed by atoms with E-state index in [4.69, 9.17) is 10.5 Å². The molecule has 0 radical (unpaired) electrons. The molecular weight excluding hydrogens is 542 g/mol. The smallest absolute Gasteiger partial charge is 0.408 e. The number of ether oxygens (including phenoxy) is 1. The Hall–Kier alpha value is -3.49. The molecule has 2 aromatic heterocycles. The van der Waals surface area contributed by atoms with Crippen molar-refractivity contribution in [1.82, 2.24) is 14.7 Å². The predicted molar refractivity (Wildman–Crippen MR) is 138 cm³/mol. The Kier molecular flexibility index (Phi) is 9.03. The van der Waals surface area contributed by atoms with Crippen LogP contribution in [0.5, 0.6) is 5.75 Å². The van der Waals surface area contributed by atoms with Crippen LogP contribution in [0.3, 0.4) is 0 Å². The number of sulfonamides is 1. The summed E-state index contributed by atoms with van der Waals surface area (Å²) >= 11 is 0. The predicted octanol–water partition coefficient (Wildman–Crippen LogP) is 4.26. The summed E-state index contributed by atoms with van der Waals surface area (Å²) in [6.45, 7) is 5.01. The Bertz CT molecular complexity index is 1420. The number of aliphatic hydroxyl groups is 1. The van der Waals surface area contributed by atoms with Gasteiger partial charge >= 0.3 is 6.18 Å². The zero-order chi connectivity index (χ0) is 29.1. The molecular formula is C25H29F4N5O4S. The molecule has 2 atom stereocenters. The summed E-state index contributed by atoms with van der Waals surface area (Å²) in [6, 6.07) is 8.06. The molecule has 14 heteroatoms. The molecule has 0 spiro atoms. The van der Waals surface area contributed by atoms with Crippen LogP contribution < -0.4 is 20.1 Å². The van der Waals surface area contributed by atoms with Gasteiger partial charge in [0.25, 0.3) is 10.0 Å². The van der Waals surface area contributed by atoms with Crippen LogP contribution in [0.15, 0.2) is 53.6 Å². The second-order valence-corrected chi connectivity index (χ2v) is 10.9. The van der Waals surface area contributed by atoms with Crippen LogP contribution in [0.25, 0.3) is 11.3 Å². The maximum Gasteiger partial charge on any atom is 0.408 e. The van der Waals surface area contributed by atoms with Gasteiger partial charge in [0.15, 0.2) is 5.03 Å². The summed E-state index contributed by atoms with van der Waals surface area (Å²) in [5.41, 5.74) is 5.53. The van der Waals surface area contributed by atoms with Gasteiger partial charge in [-0.05, 0) is 49.2 Å². The summed E-state index contributed by atoms with van der Waals surface area (Å²) in [5.74, 6) is -0.777. The highest BCUT2D eigenvalue weighted by Crippen LogP contribution is 2.34. The van der Waals surface area contributed by atoms with Gasteiger partial charge in [-0.2, -0.15) is 17.9 Å². The molecule has 2 heterocycles. The van der Waals surface area contributed by atoms with Crippen molar-refractivity contribution >= 4 is 21.7 Å². The standard InChI is InChI=1S/C25H29F4N5O4S/c1-14(2)13-38-18-11-16(10-17(26)12-18)20-9-8-19(23(31-20)34(4)15(3)25(27,28)29)24(35)33-39(36,37)22-7-5-6-21(30)32-22/h5-12,14-15,24,33,35H,13H2,1-4H3,(H2,30,32)/t15-,24?/m0/s1. The summed E-state index contributed by atoms with van der Waals surface area (Å²) in [5, 5.41) is 10.3. The van der Waals surface area contributed by atoms with E-state index in [2.05, 4.69) is 9.97 Å². The van der Waals surface area contributed by atoms with Crippen LogP contribution in [0.2, 0.25) is 0 Å². The summed E-state index contributed by atoms with van der Waals surface area (Å²) in [7, 11) is -3.34. The monoisotopic (exact) mass is 571 g/mol. The number of nitrogens with one attached hydrogen (secondary N) is 1. The van der Waals surface area contributed by atoms with E-state index in [0.29, 0.717) is 6.61 Å². The number of halogens is 4. The highest BCUT2D eigenvalue weighted by molar-refractivity contribution is 7.89. The minimum Gasteiger partial charge on any atom is -0.493 e. The fourth-order valence-corrected chi connectivity index (χ4v) is 4.45. The molecule has 0 bridgehead atoms. The van der Waals surface area contributed by atoms with Crippen molar-refractivity contribution in [3.05, 3.63) is 59.9 Å². The molecule has 0 amide bonds. The van der Waals surface area contributed by atoms with E-state index in [-0.39, 0.29) is 40.1 Å². The summed E-state index contributed by atoms with van der Waals surface area (Å²) in [4.78, 5) is 8.71. The van der Waals surface area contributed by atoms with Crippen LogP contribution >= 0.6 is 0 Å². The van der Waals surface area contributed by atoms with E-state index in [0.717, 1.165) is 31.0 Å². The molecule has 1 aromatic carbocycles. The number of hydrogen-bond acceptors (Lipinski definition) is 8. The Morgan fingerprint density at radius 2 is 1.79 bits per heavy atom. The first kappa shape index (κ1) is 30.1. The number of nitrogens with zero attached hydrogens (tertiary/aromatic N) is 3. The lowest BCUT2D eigenvalue weighted by Gasteiger charge is -2.30. The maximum absolute atomic E-state index is 14.4. The molecule has 0 saturated carbocycles. The van der Waals surface area contributed by atoms with E-state index in [1.165, 1.54) is 36.4 Å². The van der Waals surface area contributed by atoms with Gasteiger partial charge in [-0.3, -0.25) is 0 Å². The first-order valence-electron chi connectivity index (χ1n) is 11.8. The van der Waals surface area contributed by atoms with Crippen molar-refractivity contribution in [2.45, 2.75) is 44.2 Å². The Morgan fingerprint density at radius 3 is 2.41 bits per heavy atom. The van der Waals surface area contributed by atoms with Gasteiger partial charge < -0.3 is 20.5 Å². The number of alkyl halides is 3. The summed E-state index contributed by atoms with van der Waals surface area (Å²) < 4.78 is 88.2. The fraction of sp³-hybridized carbons (Fsp3) is 0.360. The maximum atomic E-state index is 14.4. The first-order valence-corrected chi connectivity index (χ1v) is 13.2. The second-order valence-electron chi connectivity index (χ2n) is 9.24. The lowest BCUT2D eigenvalue weighted by molar-refractivity contribution is -0.144. The van der Waals surface area contributed by atoms with Gasteiger partial charge in [0.2, 0.25) is 0 Å². The molecule has 0 fully saturated rings. The number of hydrogen-bond donors (Lipinski definition) is 3. The largest absolute Gasteiger partial charge is 0.493 e. The average Bonchev–Trinajstić information content (AvgIpc) is 2.85. The fourth-order valence-electron chi connectivity index (χ4n) is 3.43. The lowest BCUT2D eigenvalue weighted by atomic mass is 10.1. The zero-order valence-electron chi connectivity index (χ0n) is 21.6. The Balaban J connectivity index is 2.07. The first-order chi connectivity index (χ1) is 18.1. The van der Waals surface area contributed by atoms with E-state index in [1.54, 1.807) is 0 Å². The van der Waals surface area contributed by atoms with Crippen LogP contribution in [0.1, 0.15) is 32.6 Å². The van der Waals surface area contributed by atoms with Crippen molar-refractivity contribution in [3.8, 4) is 17.0 Å². The number of pyridine rings is 2. The van der Waals surface area contributed by atoms with E-state index in [1.807, 2.05) is 18.6 Å². The number of rotatable bonds is 10. The highest BCUT2D eigenvalue weighted by atomic mass is 32.2. The van der Waals surface area contributed by atoms with Crippen molar-refractivity contribution in [2.75, 3.05) is 24.3 Å². The number of nitrogens with two attached hydrogens (primary N) is 1. The van der Waals surface area contributed by atoms with Gasteiger partial charge in [-0.1, -0.05) is 19.9 Å². The van der Waals surface area contributed by atoms with Gasteiger partial charge in [0.05, 0.1) is 12.3 Å². The molecule has 3 rings (SSSR count). The second kappa shape index (κ2) is 11.7. The van der Waals surface area contributed by atoms with Gasteiger partial charge in [0.1, 0.15) is 35.5 Å². The Labute approximate surface area is 223 Å². The van der Waals surface area contributed by atoms with Gasteiger partial charge in [0, 0.05) is 24.2 Å². The van der Waals surface area contributed by atoms with Crippen molar-refractivity contribution in [2.24, 2.45) is 5.92 Å². The highest BCUT2D eigenvalue weighted by Gasteiger charge is 2.40. The molecule has 9 nitrogen and oxygen atoms in total. The third-order valence-electron chi connectivity index (χ3n) is 5.63. The number of benzene rings is 1. The quantitative estimate of drug-likeness (QED) is 0.243. The summed E-state index contributed by atoms with van der Waals surface area (Å²) in [6.07, 6.45) is -6.70. The molecule has 0 saturated heterocycles. The van der Waals surface area contributed by atoms with Gasteiger partial charge in [-0.15, -0.1) is 0 Å². The number of aliphatic hydroxyl groups excluding tert-OH is 1. The number of anilines is 2. The molecule has 1 unspecified atom stereocenters. The normalized spacial score (nSPS) is 13.8. The average molecular weight is 572 g/mol. The molecule has 4 N–H and O–H groups in total. The van der Waals surface area contributed by atoms with E-state index >= 15 is 0 Å². The number of aromatic nitrogens is 2. The minimum atomic E-state index is -4.68. The topological polar surface area (TPSA) is 131 Å². The molecule has 3 aromatic rings. The van der Waals surface area contributed by atoms with Crippen LogP contribution in [0, 0.1) is 11.7 Å². The third-order valence-corrected chi connectivity index (χ3v) is 6.94. The van der Waals surface area contributed by atoms with Crippen LogP contribution in [-0.4, -0.2) is 49.4 Å². The molecule has 0 aliphatic carbocycles. The molecule has 39 heavy (non-hydrogen) atoms. The van der Waals surface area contributed by atoms with Crippen molar-refractivity contribution < 1.29 is 35.8 Å². The van der Waals surface area contributed by atoms with E-state index < -0.39 is 39.3 Å². The van der Waals surface area contributed by atoms with Crippen molar-refractivity contribution in [1.29, 1.82) is 0 Å². The SMILES string of the molecule is CC(C)COc1cc(F)cc(-c2ccc(C(O)NS(=O)(=O)c3cccc(N)n3)c(N(C)[C@@H](C)C(F)(F)F)n2)c1. The Morgan fingerprint density at radius 1 is 1.10 bits per heavy atom. The zero-order valence-corrected chi connectivity index (χ0v) is 22.4. The minimum absolute atomic E-state index is 0.0661. The molecule has 212 valence electrons. The van der Waals surface area contributed by atoms with Crippen LogP contribution in [0.4, 0.5) is 29.2 Å². The van der Waals surface area contributed by atoms with Gasteiger partial charge in [-0.25, -0.2) is 22.8 Å². The molecule has 0 aliphatic heterocycles. The molecule has 0 aliphatic rings. The lowest BCUT2D eigenvalue weighted by Crippen LogP contribution is -2.42. The third kappa shape index (κ3) is 7.55. The van der Waals surface area contributed by atoms with Crippen molar-refractivity contribution in [3.63, 3.8) is 0 Å².